The van der Waals surface area contributed by atoms with E-state index in [-0.39, 0.29) is 15.8 Å². The molecule has 6 nitrogen and oxygen atoms in total. The van der Waals surface area contributed by atoms with Gasteiger partial charge < -0.3 is 4.42 Å². The predicted octanol–water partition coefficient (Wildman–Crippen LogP) is 3.57. The molecule has 1 aromatic carbocycles. The van der Waals surface area contributed by atoms with Crippen molar-refractivity contribution in [2.75, 3.05) is 4.72 Å². The highest BCUT2D eigenvalue weighted by Gasteiger charge is 2.20. The first-order valence-electron chi connectivity index (χ1n) is 6.45. The molecule has 0 aliphatic carbocycles. The number of aromatic amines is 1. The highest BCUT2D eigenvalue weighted by molar-refractivity contribution is 7.92. The van der Waals surface area contributed by atoms with Crippen LogP contribution in [0.5, 0.6) is 0 Å². The van der Waals surface area contributed by atoms with Gasteiger partial charge in [-0.15, -0.1) is 0 Å². The van der Waals surface area contributed by atoms with Gasteiger partial charge >= 0.3 is 0 Å². The Labute approximate surface area is 136 Å². The van der Waals surface area contributed by atoms with Crippen LogP contribution in [0.3, 0.4) is 0 Å². The van der Waals surface area contributed by atoms with Gasteiger partial charge in [-0.3, -0.25) is 9.82 Å². The number of furan rings is 1. The first-order valence-corrected chi connectivity index (χ1v) is 8.31. The highest BCUT2D eigenvalue weighted by atomic mass is 35.5. The number of sulfonamides is 1. The molecule has 0 aliphatic heterocycles. The average molecular weight is 356 g/mol. The number of rotatable bonds is 4. The van der Waals surface area contributed by atoms with Crippen LogP contribution >= 0.6 is 11.6 Å². The number of H-pyrrole nitrogens is 1. The van der Waals surface area contributed by atoms with Gasteiger partial charge in [-0.1, -0.05) is 11.6 Å². The molecule has 3 aromatic rings. The van der Waals surface area contributed by atoms with Crippen LogP contribution in [-0.4, -0.2) is 18.6 Å². The molecule has 0 atom stereocenters. The smallest absolute Gasteiger partial charge is 0.295 e. The van der Waals surface area contributed by atoms with Gasteiger partial charge in [0, 0.05) is 5.69 Å². The van der Waals surface area contributed by atoms with E-state index in [1.54, 1.807) is 6.07 Å². The van der Waals surface area contributed by atoms with Gasteiger partial charge in [0.1, 0.15) is 11.5 Å². The minimum absolute atomic E-state index is 0.130. The average Bonchev–Trinajstić information content (AvgIpc) is 3.11. The van der Waals surface area contributed by atoms with E-state index in [2.05, 4.69) is 14.9 Å². The monoisotopic (exact) mass is 355 g/mol. The van der Waals surface area contributed by atoms with Crippen molar-refractivity contribution in [1.29, 1.82) is 0 Å². The molecule has 0 bridgehead atoms. The van der Waals surface area contributed by atoms with Crippen LogP contribution < -0.4 is 4.72 Å². The quantitative estimate of drug-likeness (QED) is 0.748. The standard InChI is InChI=1S/C14H11ClFN3O3S/c1-8-6-12(18-17-8)13-4-5-14(22-13)23(20,21)19-9-2-3-11(16)10(15)7-9/h2-7,19H,1H3,(H,17,18). The topological polar surface area (TPSA) is 88.0 Å². The molecule has 0 amide bonds. The van der Waals surface area contributed by atoms with Gasteiger partial charge in [0.15, 0.2) is 5.76 Å². The van der Waals surface area contributed by atoms with Gasteiger partial charge in [-0.25, -0.2) is 4.39 Å². The zero-order valence-electron chi connectivity index (χ0n) is 11.8. The van der Waals surface area contributed by atoms with Crippen LogP contribution in [0.2, 0.25) is 5.02 Å². The molecule has 0 radical (unpaired) electrons. The van der Waals surface area contributed by atoms with E-state index >= 15 is 0 Å². The zero-order valence-corrected chi connectivity index (χ0v) is 13.4. The lowest BCUT2D eigenvalue weighted by Gasteiger charge is -2.06. The van der Waals surface area contributed by atoms with Crippen LogP contribution in [0.15, 0.2) is 45.9 Å². The van der Waals surface area contributed by atoms with Crippen molar-refractivity contribution >= 4 is 27.3 Å². The molecular weight excluding hydrogens is 345 g/mol. The van der Waals surface area contributed by atoms with E-state index < -0.39 is 15.8 Å². The summed E-state index contributed by atoms with van der Waals surface area (Å²) in [6, 6.07) is 8.05. The number of hydrogen-bond acceptors (Lipinski definition) is 4. The van der Waals surface area contributed by atoms with Crippen LogP contribution in [0, 0.1) is 12.7 Å². The SMILES string of the molecule is Cc1cc(-c2ccc(S(=O)(=O)Nc3ccc(F)c(Cl)c3)o2)n[nH]1. The fourth-order valence-electron chi connectivity index (χ4n) is 1.91. The van der Waals surface area contributed by atoms with Crippen molar-refractivity contribution in [3.05, 3.63) is 52.9 Å². The second-order valence-corrected chi connectivity index (χ2v) is 6.81. The maximum Gasteiger partial charge on any atom is 0.295 e. The molecule has 0 saturated heterocycles. The van der Waals surface area contributed by atoms with Crippen LogP contribution in [-0.2, 0) is 10.0 Å². The van der Waals surface area contributed by atoms with Crippen molar-refractivity contribution in [1.82, 2.24) is 10.2 Å². The minimum atomic E-state index is -3.96. The van der Waals surface area contributed by atoms with E-state index in [1.807, 2.05) is 6.92 Å². The fourth-order valence-corrected chi connectivity index (χ4v) is 3.08. The number of hydrogen-bond donors (Lipinski definition) is 2. The maximum atomic E-state index is 13.1. The van der Waals surface area contributed by atoms with E-state index in [0.29, 0.717) is 11.5 Å². The van der Waals surface area contributed by atoms with Gasteiger partial charge in [0.05, 0.1) is 10.7 Å². The Balaban J connectivity index is 1.88. The molecule has 2 heterocycles. The lowest BCUT2D eigenvalue weighted by Crippen LogP contribution is -2.12. The molecule has 0 spiro atoms. The summed E-state index contributed by atoms with van der Waals surface area (Å²) < 4.78 is 45.3. The second kappa shape index (κ2) is 5.71. The summed E-state index contributed by atoms with van der Waals surface area (Å²) in [6.45, 7) is 1.82. The molecule has 9 heteroatoms. The number of aryl methyl sites for hydroxylation is 1. The highest BCUT2D eigenvalue weighted by Crippen LogP contribution is 2.26. The molecular formula is C14H11ClFN3O3S. The molecule has 3 rings (SSSR count). The molecule has 0 unspecified atom stereocenters. The molecule has 120 valence electrons. The summed E-state index contributed by atoms with van der Waals surface area (Å²) >= 11 is 5.63. The Bertz CT molecular complexity index is 965. The molecule has 2 N–H and O–H groups in total. The van der Waals surface area contributed by atoms with Crippen LogP contribution in [0.1, 0.15) is 5.69 Å². The van der Waals surface area contributed by atoms with Crippen molar-refractivity contribution in [2.45, 2.75) is 12.0 Å². The fraction of sp³-hybridized carbons (Fsp3) is 0.0714. The second-order valence-electron chi connectivity index (χ2n) is 4.79. The van der Waals surface area contributed by atoms with E-state index in [0.717, 1.165) is 11.8 Å². The van der Waals surface area contributed by atoms with E-state index in [1.165, 1.54) is 24.3 Å². The number of nitrogens with zero attached hydrogens (tertiary/aromatic N) is 1. The minimum Gasteiger partial charge on any atom is -0.441 e. The number of anilines is 1. The summed E-state index contributed by atoms with van der Waals surface area (Å²) in [6.07, 6.45) is 0. The zero-order chi connectivity index (χ0) is 16.6. The third kappa shape index (κ3) is 3.22. The van der Waals surface area contributed by atoms with E-state index in [4.69, 9.17) is 16.0 Å². The van der Waals surface area contributed by atoms with Gasteiger partial charge in [-0.2, -0.15) is 13.5 Å². The Morgan fingerprint density at radius 3 is 2.70 bits per heavy atom. The molecule has 0 saturated carbocycles. The molecule has 2 aromatic heterocycles. The van der Waals surface area contributed by atoms with Crippen molar-refractivity contribution in [3.63, 3.8) is 0 Å². The Morgan fingerprint density at radius 2 is 2.04 bits per heavy atom. The largest absolute Gasteiger partial charge is 0.441 e. The summed E-state index contributed by atoms with van der Waals surface area (Å²) in [5.41, 5.74) is 1.44. The Kier molecular flexibility index (Phi) is 3.87. The first kappa shape index (κ1) is 15.6. The van der Waals surface area contributed by atoms with Gasteiger partial charge in [0.25, 0.3) is 10.0 Å². The number of aromatic nitrogens is 2. The first-order chi connectivity index (χ1) is 10.8. The van der Waals surface area contributed by atoms with Gasteiger partial charge in [0.2, 0.25) is 5.09 Å². The van der Waals surface area contributed by atoms with Crippen molar-refractivity contribution in [2.24, 2.45) is 0 Å². The summed E-state index contributed by atoms with van der Waals surface area (Å²) in [5, 5.41) is 6.27. The van der Waals surface area contributed by atoms with Gasteiger partial charge in [-0.05, 0) is 43.3 Å². The molecule has 23 heavy (non-hydrogen) atoms. The Morgan fingerprint density at radius 1 is 1.26 bits per heavy atom. The Hall–Kier alpha value is -2.32. The summed E-state index contributed by atoms with van der Waals surface area (Å²) in [4.78, 5) is 0. The maximum absolute atomic E-state index is 13.1. The number of halogens is 2. The van der Waals surface area contributed by atoms with Crippen molar-refractivity contribution in [3.8, 4) is 11.5 Å². The molecule has 0 fully saturated rings. The van der Waals surface area contributed by atoms with E-state index in [9.17, 15) is 12.8 Å². The van der Waals surface area contributed by atoms with Crippen LogP contribution in [0.4, 0.5) is 10.1 Å². The lowest BCUT2D eigenvalue weighted by molar-refractivity contribution is 0.462. The lowest BCUT2D eigenvalue weighted by atomic mass is 10.3. The number of benzene rings is 1. The third-order valence-electron chi connectivity index (χ3n) is 2.98. The molecule has 0 aliphatic rings. The normalized spacial score (nSPS) is 11.6. The van der Waals surface area contributed by atoms with Crippen molar-refractivity contribution < 1.29 is 17.2 Å². The predicted molar refractivity (Wildman–Crippen MR) is 83.2 cm³/mol. The van der Waals surface area contributed by atoms with Crippen LogP contribution in [0.25, 0.3) is 11.5 Å². The summed E-state index contributed by atoms with van der Waals surface area (Å²) in [7, 11) is -3.96. The number of nitrogens with one attached hydrogen (secondary N) is 2. The summed E-state index contributed by atoms with van der Waals surface area (Å²) in [5.74, 6) is -0.323. The third-order valence-corrected chi connectivity index (χ3v) is 4.52.